The molecule has 1 fully saturated rings. The fourth-order valence-electron chi connectivity index (χ4n) is 4.14. The monoisotopic (exact) mass is 377 g/mol. The van der Waals surface area contributed by atoms with Crippen LogP contribution in [0.3, 0.4) is 0 Å². The molecule has 1 aliphatic rings. The summed E-state index contributed by atoms with van der Waals surface area (Å²) in [5.74, 6) is 1.50. The maximum atomic E-state index is 10.2. The highest BCUT2D eigenvalue weighted by molar-refractivity contribution is 5.66. The molecule has 0 spiro atoms. The van der Waals surface area contributed by atoms with Crippen molar-refractivity contribution in [2.75, 3.05) is 20.2 Å². The van der Waals surface area contributed by atoms with E-state index in [1.54, 1.807) is 19.2 Å². The van der Waals surface area contributed by atoms with Crippen LogP contribution in [-0.4, -0.2) is 40.4 Å². The minimum atomic E-state index is 0.324. The number of nitrogens with one attached hydrogen (secondary N) is 1. The van der Waals surface area contributed by atoms with Gasteiger partial charge in [-0.1, -0.05) is 29.8 Å². The average Bonchev–Trinajstić information content (AvgIpc) is 3.20. The van der Waals surface area contributed by atoms with Crippen molar-refractivity contribution in [1.82, 2.24) is 15.1 Å². The third-order valence-electron chi connectivity index (χ3n) is 5.59. The molecule has 28 heavy (non-hydrogen) atoms. The number of hydrogen-bond acceptors (Lipinski definition) is 4. The molecule has 0 bridgehead atoms. The lowest BCUT2D eigenvalue weighted by Crippen LogP contribution is -2.34. The number of ether oxygens (including phenoxy) is 1. The molecule has 4 rings (SSSR count). The Morgan fingerprint density at radius 2 is 2.14 bits per heavy atom. The highest BCUT2D eigenvalue weighted by Gasteiger charge is 2.25. The van der Waals surface area contributed by atoms with Crippen molar-refractivity contribution in [2.45, 2.75) is 32.2 Å². The predicted octanol–water partition coefficient (Wildman–Crippen LogP) is 4.48. The summed E-state index contributed by atoms with van der Waals surface area (Å²) in [6.07, 6.45) is 4.21. The van der Waals surface area contributed by atoms with E-state index in [1.807, 2.05) is 12.3 Å². The molecule has 0 saturated carbocycles. The topological polar surface area (TPSA) is 61.4 Å². The van der Waals surface area contributed by atoms with Gasteiger partial charge in [-0.05, 0) is 50.1 Å². The summed E-state index contributed by atoms with van der Waals surface area (Å²) in [7, 11) is 1.65. The summed E-state index contributed by atoms with van der Waals surface area (Å²) >= 11 is 0. The number of H-pyrrole nitrogens is 1. The summed E-state index contributed by atoms with van der Waals surface area (Å²) in [6, 6.07) is 14.0. The Morgan fingerprint density at radius 1 is 1.25 bits per heavy atom. The number of phenols is 1. The average molecular weight is 377 g/mol. The molecule has 5 heteroatoms. The van der Waals surface area contributed by atoms with Gasteiger partial charge in [0, 0.05) is 35.8 Å². The number of aromatic amines is 1. The van der Waals surface area contributed by atoms with Crippen molar-refractivity contribution in [2.24, 2.45) is 0 Å². The minimum absolute atomic E-state index is 0.324. The van der Waals surface area contributed by atoms with Gasteiger partial charge in [-0.3, -0.25) is 10.00 Å². The molecule has 1 aliphatic heterocycles. The molecule has 0 radical (unpaired) electrons. The number of aromatic nitrogens is 2. The number of piperidine rings is 1. The second-order valence-electron chi connectivity index (χ2n) is 7.64. The van der Waals surface area contributed by atoms with Crippen molar-refractivity contribution in [3.8, 4) is 22.6 Å². The van der Waals surface area contributed by atoms with Gasteiger partial charge in [-0.2, -0.15) is 5.10 Å². The van der Waals surface area contributed by atoms with E-state index in [2.05, 4.69) is 46.3 Å². The molecule has 2 N–H and O–H groups in total. The quantitative estimate of drug-likeness (QED) is 0.688. The molecular weight excluding hydrogens is 350 g/mol. The van der Waals surface area contributed by atoms with Gasteiger partial charge in [0.2, 0.25) is 0 Å². The number of rotatable bonds is 5. The van der Waals surface area contributed by atoms with Crippen LogP contribution in [-0.2, 0) is 6.54 Å². The van der Waals surface area contributed by atoms with E-state index in [9.17, 15) is 5.11 Å². The molecule has 5 nitrogen and oxygen atoms in total. The third kappa shape index (κ3) is 3.90. The Hall–Kier alpha value is -2.79. The SMILES string of the molecule is COc1ccc(O)c(CN2CCC[C@H](c3[nH]ncc3-c3cccc(C)c3)C2)c1. The standard InChI is InChI=1S/C23H27N3O2/c1-16-5-3-6-17(11-16)21-13-24-25-23(21)18-7-4-10-26(14-18)15-19-12-20(28-2)8-9-22(19)27/h3,5-6,8-9,11-13,18,27H,4,7,10,14-15H2,1-2H3,(H,24,25)/t18-/m0/s1. The van der Waals surface area contributed by atoms with Gasteiger partial charge in [0.15, 0.2) is 0 Å². The van der Waals surface area contributed by atoms with Crippen LogP contribution in [0.15, 0.2) is 48.7 Å². The molecule has 3 aromatic rings. The fraction of sp³-hybridized carbons (Fsp3) is 0.348. The Kier molecular flexibility index (Phi) is 5.35. The molecule has 1 atom stereocenters. The van der Waals surface area contributed by atoms with E-state index in [0.717, 1.165) is 37.2 Å². The first-order chi connectivity index (χ1) is 13.6. The number of likely N-dealkylation sites (tertiary alicyclic amines) is 1. The number of nitrogens with zero attached hydrogens (tertiary/aromatic N) is 2. The van der Waals surface area contributed by atoms with Gasteiger partial charge < -0.3 is 9.84 Å². The van der Waals surface area contributed by atoms with E-state index in [4.69, 9.17) is 4.74 Å². The molecule has 1 aromatic heterocycles. The summed E-state index contributed by atoms with van der Waals surface area (Å²) in [4.78, 5) is 2.41. The van der Waals surface area contributed by atoms with Gasteiger partial charge in [0.05, 0.1) is 13.3 Å². The highest BCUT2D eigenvalue weighted by Crippen LogP contribution is 2.34. The van der Waals surface area contributed by atoms with Crippen LogP contribution in [0.25, 0.3) is 11.1 Å². The maximum absolute atomic E-state index is 10.2. The maximum Gasteiger partial charge on any atom is 0.120 e. The first kappa shape index (κ1) is 18.6. The lowest BCUT2D eigenvalue weighted by molar-refractivity contribution is 0.196. The van der Waals surface area contributed by atoms with Crippen LogP contribution in [0.1, 0.15) is 35.6 Å². The van der Waals surface area contributed by atoms with Crippen molar-refractivity contribution >= 4 is 0 Å². The molecule has 146 valence electrons. The van der Waals surface area contributed by atoms with Crippen LogP contribution in [0, 0.1) is 6.92 Å². The van der Waals surface area contributed by atoms with Crippen molar-refractivity contribution in [3.63, 3.8) is 0 Å². The van der Waals surface area contributed by atoms with Crippen LogP contribution >= 0.6 is 0 Å². The zero-order valence-corrected chi connectivity index (χ0v) is 16.5. The van der Waals surface area contributed by atoms with Gasteiger partial charge in [-0.15, -0.1) is 0 Å². The van der Waals surface area contributed by atoms with Crippen LogP contribution in [0.5, 0.6) is 11.5 Å². The fourth-order valence-corrected chi connectivity index (χ4v) is 4.14. The lowest BCUT2D eigenvalue weighted by Gasteiger charge is -2.33. The zero-order valence-electron chi connectivity index (χ0n) is 16.5. The molecule has 0 unspecified atom stereocenters. The van der Waals surface area contributed by atoms with E-state index in [0.29, 0.717) is 18.2 Å². The highest BCUT2D eigenvalue weighted by atomic mass is 16.5. The molecular formula is C23H27N3O2. The molecule has 0 amide bonds. The van der Waals surface area contributed by atoms with Gasteiger partial charge >= 0.3 is 0 Å². The third-order valence-corrected chi connectivity index (χ3v) is 5.59. The van der Waals surface area contributed by atoms with E-state index < -0.39 is 0 Å². The van der Waals surface area contributed by atoms with Gasteiger partial charge in [-0.25, -0.2) is 0 Å². The summed E-state index contributed by atoms with van der Waals surface area (Å²) in [5, 5.41) is 17.8. The Balaban J connectivity index is 1.53. The van der Waals surface area contributed by atoms with E-state index >= 15 is 0 Å². The van der Waals surface area contributed by atoms with E-state index in [-0.39, 0.29) is 0 Å². The number of aryl methyl sites for hydroxylation is 1. The first-order valence-electron chi connectivity index (χ1n) is 9.82. The number of phenolic OH excluding ortho intramolecular Hbond substituents is 1. The van der Waals surface area contributed by atoms with Crippen LogP contribution in [0.2, 0.25) is 0 Å². The molecule has 2 heterocycles. The lowest BCUT2D eigenvalue weighted by atomic mass is 9.90. The largest absolute Gasteiger partial charge is 0.508 e. The Labute approximate surface area is 166 Å². The number of methoxy groups -OCH3 is 1. The Morgan fingerprint density at radius 3 is 2.96 bits per heavy atom. The normalized spacial score (nSPS) is 17.6. The number of aromatic hydroxyl groups is 1. The zero-order chi connectivity index (χ0) is 19.5. The van der Waals surface area contributed by atoms with Gasteiger partial charge in [0.1, 0.15) is 11.5 Å². The molecule has 0 aliphatic carbocycles. The summed E-state index contributed by atoms with van der Waals surface area (Å²) in [5.41, 5.74) is 5.78. The van der Waals surface area contributed by atoms with E-state index in [1.165, 1.54) is 22.4 Å². The second kappa shape index (κ2) is 8.07. The first-order valence-corrected chi connectivity index (χ1v) is 9.82. The van der Waals surface area contributed by atoms with Crippen molar-refractivity contribution < 1.29 is 9.84 Å². The Bertz CT molecular complexity index is 951. The smallest absolute Gasteiger partial charge is 0.120 e. The second-order valence-corrected chi connectivity index (χ2v) is 7.64. The van der Waals surface area contributed by atoms with Crippen molar-refractivity contribution in [1.29, 1.82) is 0 Å². The summed E-state index contributed by atoms with van der Waals surface area (Å²) in [6.45, 7) is 4.80. The summed E-state index contributed by atoms with van der Waals surface area (Å²) < 4.78 is 5.31. The van der Waals surface area contributed by atoms with Gasteiger partial charge in [0.25, 0.3) is 0 Å². The number of benzene rings is 2. The van der Waals surface area contributed by atoms with Crippen LogP contribution < -0.4 is 4.74 Å². The molecule has 1 saturated heterocycles. The number of hydrogen-bond donors (Lipinski definition) is 2. The van der Waals surface area contributed by atoms with Crippen molar-refractivity contribution in [3.05, 3.63) is 65.5 Å². The predicted molar refractivity (Wildman–Crippen MR) is 111 cm³/mol. The molecule has 2 aromatic carbocycles. The van der Waals surface area contributed by atoms with Crippen LogP contribution in [0.4, 0.5) is 0 Å². The minimum Gasteiger partial charge on any atom is -0.508 e.